The number of carboxylic acid groups (broad SMARTS) is 1. The zero-order valence-corrected chi connectivity index (χ0v) is 16.7. The van der Waals surface area contributed by atoms with E-state index in [2.05, 4.69) is 25.2 Å². The Bertz CT molecular complexity index is 654. The first-order valence-electron chi connectivity index (χ1n) is 9.85. The number of unbranched alkanes of at least 4 members (excludes halogenated alkanes) is 1. The van der Waals surface area contributed by atoms with Gasteiger partial charge in [0.1, 0.15) is 5.75 Å². The van der Waals surface area contributed by atoms with E-state index in [4.69, 9.17) is 9.84 Å². The van der Waals surface area contributed by atoms with Gasteiger partial charge in [-0.15, -0.1) is 0 Å². The molecule has 0 aromatic heterocycles. The lowest BCUT2D eigenvalue weighted by Gasteiger charge is -2.11. The minimum atomic E-state index is -0.847. The third-order valence-electron chi connectivity index (χ3n) is 4.03. The van der Waals surface area contributed by atoms with Gasteiger partial charge in [-0.05, 0) is 43.4 Å². The SMILES string of the molecule is CC/C=C\CC/C=C/C=C\C=C\[C@@H](CO)CCOc1ccc(CC(=O)O)cc1. The highest BCUT2D eigenvalue weighted by molar-refractivity contribution is 5.70. The van der Waals surface area contributed by atoms with Crippen molar-refractivity contribution in [2.75, 3.05) is 13.2 Å². The number of carbonyl (C=O) groups is 1. The summed E-state index contributed by atoms with van der Waals surface area (Å²) in [5, 5.41) is 18.2. The van der Waals surface area contributed by atoms with Gasteiger partial charge in [-0.1, -0.05) is 67.7 Å². The molecule has 0 fully saturated rings. The summed E-state index contributed by atoms with van der Waals surface area (Å²) in [5.41, 5.74) is 0.745. The number of rotatable bonds is 14. The Morgan fingerprint density at radius 2 is 1.75 bits per heavy atom. The fourth-order valence-corrected chi connectivity index (χ4v) is 2.46. The number of ether oxygens (including phenoxy) is 1. The lowest BCUT2D eigenvalue weighted by Crippen LogP contribution is -2.08. The first kappa shape index (κ1) is 23.4. The second kappa shape index (κ2) is 15.5. The highest BCUT2D eigenvalue weighted by Crippen LogP contribution is 2.14. The van der Waals surface area contributed by atoms with E-state index in [0.717, 1.165) is 24.8 Å². The van der Waals surface area contributed by atoms with E-state index in [-0.39, 0.29) is 18.9 Å². The Hall–Kier alpha value is -2.59. The van der Waals surface area contributed by atoms with Crippen molar-refractivity contribution in [1.82, 2.24) is 0 Å². The number of benzene rings is 1. The molecule has 0 saturated carbocycles. The number of aliphatic hydroxyl groups is 1. The highest BCUT2D eigenvalue weighted by Gasteiger charge is 2.04. The molecule has 0 unspecified atom stereocenters. The molecule has 152 valence electrons. The third-order valence-corrected chi connectivity index (χ3v) is 4.03. The number of aliphatic hydroxyl groups excluding tert-OH is 1. The standard InChI is InChI=1S/C24H32O4/c1-2-3-4-5-6-7-8-9-10-11-12-22(20-25)17-18-28-23-15-13-21(14-16-23)19-24(26)27/h3-4,7-16,22,25H,2,5-6,17-20H2,1H3,(H,26,27)/b4-3-,8-7+,10-9-,12-11+/t22-/m1/s1. The van der Waals surface area contributed by atoms with Crippen LogP contribution >= 0.6 is 0 Å². The summed E-state index contributed by atoms with van der Waals surface area (Å²) in [7, 11) is 0. The summed E-state index contributed by atoms with van der Waals surface area (Å²) in [6.07, 6.45) is 20.4. The van der Waals surface area contributed by atoms with Crippen molar-refractivity contribution in [2.24, 2.45) is 5.92 Å². The molecule has 0 spiro atoms. The van der Waals surface area contributed by atoms with Crippen LogP contribution in [-0.4, -0.2) is 29.4 Å². The molecular weight excluding hydrogens is 352 g/mol. The van der Waals surface area contributed by atoms with Gasteiger partial charge >= 0.3 is 5.97 Å². The minimum Gasteiger partial charge on any atom is -0.494 e. The van der Waals surface area contributed by atoms with Gasteiger partial charge in [-0.2, -0.15) is 0 Å². The van der Waals surface area contributed by atoms with Crippen LogP contribution in [-0.2, 0) is 11.2 Å². The number of aliphatic carboxylic acids is 1. The highest BCUT2D eigenvalue weighted by atomic mass is 16.5. The Morgan fingerprint density at radius 3 is 2.43 bits per heavy atom. The van der Waals surface area contributed by atoms with Gasteiger partial charge in [0.2, 0.25) is 0 Å². The number of hydrogen-bond donors (Lipinski definition) is 2. The van der Waals surface area contributed by atoms with E-state index in [1.165, 1.54) is 0 Å². The minimum absolute atomic E-state index is 0.0102. The Balaban J connectivity index is 2.27. The average Bonchev–Trinajstić information content (AvgIpc) is 2.69. The van der Waals surface area contributed by atoms with E-state index in [9.17, 15) is 9.90 Å². The van der Waals surface area contributed by atoms with Crippen LogP contribution in [0.5, 0.6) is 5.75 Å². The third kappa shape index (κ3) is 11.9. The van der Waals surface area contributed by atoms with Gasteiger partial charge < -0.3 is 14.9 Å². The van der Waals surface area contributed by atoms with Crippen molar-refractivity contribution < 1.29 is 19.7 Å². The molecule has 4 heteroatoms. The van der Waals surface area contributed by atoms with E-state index in [1.807, 2.05) is 30.4 Å². The second-order valence-electron chi connectivity index (χ2n) is 6.45. The van der Waals surface area contributed by atoms with Gasteiger partial charge in [-0.3, -0.25) is 4.79 Å². The molecule has 0 aliphatic heterocycles. The largest absolute Gasteiger partial charge is 0.494 e. The zero-order valence-electron chi connectivity index (χ0n) is 16.7. The van der Waals surface area contributed by atoms with E-state index >= 15 is 0 Å². The average molecular weight is 385 g/mol. The van der Waals surface area contributed by atoms with Crippen LogP contribution in [0.1, 0.15) is 38.2 Å². The quantitative estimate of drug-likeness (QED) is 0.266. The molecule has 1 rings (SSSR count). The summed E-state index contributed by atoms with van der Waals surface area (Å²) >= 11 is 0. The number of hydrogen-bond acceptors (Lipinski definition) is 3. The van der Waals surface area contributed by atoms with E-state index in [1.54, 1.807) is 24.3 Å². The molecule has 0 aliphatic rings. The Morgan fingerprint density at radius 1 is 1.04 bits per heavy atom. The monoisotopic (exact) mass is 384 g/mol. The van der Waals surface area contributed by atoms with Crippen molar-refractivity contribution in [2.45, 2.75) is 39.0 Å². The Labute approximate surface area is 168 Å². The lowest BCUT2D eigenvalue weighted by atomic mass is 10.1. The molecule has 0 amide bonds. The maximum atomic E-state index is 10.7. The topological polar surface area (TPSA) is 66.8 Å². The van der Waals surface area contributed by atoms with Crippen molar-refractivity contribution in [3.63, 3.8) is 0 Å². The second-order valence-corrected chi connectivity index (χ2v) is 6.45. The maximum Gasteiger partial charge on any atom is 0.307 e. The molecule has 0 heterocycles. The molecule has 28 heavy (non-hydrogen) atoms. The van der Waals surface area contributed by atoms with Crippen LogP contribution < -0.4 is 4.74 Å². The molecule has 1 aromatic rings. The maximum absolute atomic E-state index is 10.7. The normalized spacial score (nSPS) is 13.2. The molecule has 1 aromatic carbocycles. The van der Waals surface area contributed by atoms with Crippen LogP contribution in [0.15, 0.2) is 72.9 Å². The van der Waals surface area contributed by atoms with Gasteiger partial charge in [0.15, 0.2) is 0 Å². The van der Waals surface area contributed by atoms with Crippen molar-refractivity contribution in [3.8, 4) is 5.75 Å². The fraction of sp³-hybridized carbons (Fsp3) is 0.375. The summed E-state index contributed by atoms with van der Waals surface area (Å²) in [6, 6.07) is 7.06. The smallest absolute Gasteiger partial charge is 0.307 e. The zero-order chi connectivity index (χ0) is 20.5. The van der Waals surface area contributed by atoms with Crippen molar-refractivity contribution in [1.29, 1.82) is 0 Å². The van der Waals surface area contributed by atoms with Gasteiger partial charge in [0.05, 0.1) is 13.0 Å². The number of carboxylic acids is 1. The Kier molecular flexibility index (Phi) is 13.0. The van der Waals surface area contributed by atoms with Crippen LogP contribution in [0.2, 0.25) is 0 Å². The number of allylic oxidation sites excluding steroid dienone is 7. The molecule has 0 radical (unpaired) electrons. The first-order valence-corrected chi connectivity index (χ1v) is 9.85. The van der Waals surface area contributed by atoms with Crippen LogP contribution in [0.4, 0.5) is 0 Å². The first-order chi connectivity index (χ1) is 13.7. The summed E-state index contributed by atoms with van der Waals surface area (Å²) in [4.78, 5) is 10.7. The van der Waals surface area contributed by atoms with Crippen molar-refractivity contribution in [3.05, 3.63) is 78.4 Å². The molecule has 0 saturated heterocycles. The fourth-order valence-electron chi connectivity index (χ4n) is 2.46. The molecule has 1 atom stereocenters. The predicted molar refractivity (Wildman–Crippen MR) is 115 cm³/mol. The van der Waals surface area contributed by atoms with Crippen LogP contribution in [0.3, 0.4) is 0 Å². The molecule has 0 aliphatic carbocycles. The van der Waals surface area contributed by atoms with Gasteiger partial charge in [0, 0.05) is 12.5 Å². The van der Waals surface area contributed by atoms with Crippen LogP contribution in [0, 0.1) is 5.92 Å². The molecule has 2 N–H and O–H groups in total. The molecule has 4 nitrogen and oxygen atoms in total. The van der Waals surface area contributed by atoms with E-state index < -0.39 is 5.97 Å². The lowest BCUT2D eigenvalue weighted by molar-refractivity contribution is -0.136. The summed E-state index contributed by atoms with van der Waals surface area (Å²) in [5.74, 6) is -0.104. The molecule has 0 bridgehead atoms. The summed E-state index contributed by atoms with van der Waals surface area (Å²) in [6.45, 7) is 2.70. The van der Waals surface area contributed by atoms with Crippen LogP contribution in [0.25, 0.3) is 0 Å². The predicted octanol–water partition coefficient (Wildman–Crippen LogP) is 5.11. The summed E-state index contributed by atoms with van der Waals surface area (Å²) < 4.78 is 5.67. The molecular formula is C24H32O4. The van der Waals surface area contributed by atoms with Crippen molar-refractivity contribution >= 4 is 5.97 Å². The van der Waals surface area contributed by atoms with Gasteiger partial charge in [0.25, 0.3) is 0 Å². The van der Waals surface area contributed by atoms with E-state index in [0.29, 0.717) is 18.8 Å². The van der Waals surface area contributed by atoms with Gasteiger partial charge in [-0.25, -0.2) is 0 Å².